The molecule has 36 heavy (non-hydrogen) atoms. The molecular formula is C28H31ClN2O4S. The van der Waals surface area contributed by atoms with E-state index in [0.717, 1.165) is 16.7 Å². The van der Waals surface area contributed by atoms with Gasteiger partial charge in [0.25, 0.3) is 15.9 Å². The van der Waals surface area contributed by atoms with Gasteiger partial charge in [-0.15, -0.1) is 0 Å². The van der Waals surface area contributed by atoms with Crippen LogP contribution in [-0.2, 0) is 26.7 Å². The van der Waals surface area contributed by atoms with Crippen molar-refractivity contribution in [2.45, 2.75) is 50.5 Å². The highest BCUT2D eigenvalue weighted by molar-refractivity contribution is 7.92. The van der Waals surface area contributed by atoms with Crippen LogP contribution >= 0.6 is 11.6 Å². The Kier molecular flexibility index (Phi) is 7.34. The Bertz CT molecular complexity index is 1350. The first-order valence-corrected chi connectivity index (χ1v) is 13.7. The van der Waals surface area contributed by atoms with Crippen LogP contribution in [-0.4, -0.2) is 33.5 Å². The summed E-state index contributed by atoms with van der Waals surface area (Å²) in [5.41, 5.74) is 3.22. The van der Waals surface area contributed by atoms with Crippen molar-refractivity contribution in [2.24, 2.45) is 0 Å². The van der Waals surface area contributed by atoms with E-state index in [9.17, 15) is 13.2 Å². The molecule has 1 atom stereocenters. The number of rotatable bonds is 6. The molecular weight excluding hydrogens is 496 g/mol. The Balaban J connectivity index is 1.61. The number of nitrogens with zero attached hydrogens (tertiary/aromatic N) is 1. The lowest BCUT2D eigenvalue weighted by molar-refractivity contribution is -0.127. The van der Waals surface area contributed by atoms with Gasteiger partial charge in [-0.25, -0.2) is 8.42 Å². The predicted octanol–water partition coefficient (Wildman–Crippen LogP) is 5.26. The Morgan fingerprint density at radius 1 is 1.06 bits per heavy atom. The van der Waals surface area contributed by atoms with Gasteiger partial charge in [0.1, 0.15) is 5.75 Å². The molecule has 4 rings (SSSR count). The maximum Gasteiger partial charge on any atom is 0.264 e. The second-order valence-corrected chi connectivity index (χ2v) is 12.4. The number of halogens is 1. The molecule has 0 spiro atoms. The molecule has 8 heteroatoms. The van der Waals surface area contributed by atoms with Crippen LogP contribution in [0.3, 0.4) is 0 Å². The average molecular weight is 527 g/mol. The quantitative estimate of drug-likeness (QED) is 0.475. The minimum atomic E-state index is -3.93. The highest BCUT2D eigenvalue weighted by Gasteiger charge is 2.38. The first-order valence-electron chi connectivity index (χ1n) is 11.9. The molecule has 0 fully saturated rings. The number of aryl methyl sites for hydroxylation is 1. The molecule has 1 aliphatic rings. The van der Waals surface area contributed by atoms with E-state index in [-0.39, 0.29) is 22.8 Å². The first-order chi connectivity index (χ1) is 16.9. The van der Waals surface area contributed by atoms with E-state index in [1.54, 1.807) is 42.5 Å². The topological polar surface area (TPSA) is 75.7 Å². The lowest BCUT2D eigenvalue weighted by Crippen LogP contribution is -2.51. The third-order valence-corrected chi connectivity index (χ3v) is 8.27. The van der Waals surface area contributed by atoms with Gasteiger partial charge in [0.15, 0.2) is 6.10 Å². The Morgan fingerprint density at radius 3 is 2.36 bits per heavy atom. The number of benzene rings is 3. The number of carbonyl (C=O) groups excluding carboxylic acids is 1. The van der Waals surface area contributed by atoms with Gasteiger partial charge in [0.05, 0.1) is 17.1 Å². The summed E-state index contributed by atoms with van der Waals surface area (Å²) in [7, 11) is -3.93. The molecule has 1 aliphatic heterocycles. The van der Waals surface area contributed by atoms with E-state index in [4.69, 9.17) is 16.3 Å². The zero-order chi connectivity index (χ0) is 26.1. The summed E-state index contributed by atoms with van der Waals surface area (Å²) in [5.74, 6) is 0.00130. The molecule has 1 amide bonds. The SMILES string of the molecule is Cc1ccc(S(=O)(=O)N2C[C@H](C(=O)NCCc3ccc(Cl)cc3)Oc3ccc(C(C)(C)C)cc32)cc1. The van der Waals surface area contributed by atoms with Gasteiger partial charge in [0.2, 0.25) is 0 Å². The highest BCUT2D eigenvalue weighted by atomic mass is 35.5. The zero-order valence-corrected chi connectivity index (χ0v) is 22.5. The second kappa shape index (κ2) is 10.1. The van der Waals surface area contributed by atoms with Crippen LogP contribution in [0.1, 0.15) is 37.5 Å². The van der Waals surface area contributed by atoms with Gasteiger partial charge in [-0.3, -0.25) is 9.10 Å². The fourth-order valence-corrected chi connectivity index (χ4v) is 5.61. The number of hydrogen-bond acceptors (Lipinski definition) is 4. The fraction of sp³-hybridized carbons (Fsp3) is 0.321. The number of ether oxygens (including phenoxy) is 1. The first kappa shape index (κ1) is 26.0. The average Bonchev–Trinajstić information content (AvgIpc) is 2.83. The Morgan fingerprint density at radius 2 is 1.72 bits per heavy atom. The fourth-order valence-electron chi connectivity index (χ4n) is 4.01. The molecule has 6 nitrogen and oxygen atoms in total. The Hall–Kier alpha value is -3.03. The van der Waals surface area contributed by atoms with Crippen molar-refractivity contribution < 1.29 is 17.9 Å². The smallest absolute Gasteiger partial charge is 0.264 e. The molecule has 0 bridgehead atoms. The number of anilines is 1. The van der Waals surface area contributed by atoms with Crippen molar-refractivity contribution in [3.8, 4) is 5.75 Å². The van der Waals surface area contributed by atoms with Crippen molar-refractivity contribution in [3.05, 3.63) is 88.4 Å². The molecule has 190 valence electrons. The minimum Gasteiger partial charge on any atom is -0.476 e. The molecule has 0 aromatic heterocycles. The van der Waals surface area contributed by atoms with E-state index in [0.29, 0.717) is 29.4 Å². The maximum absolute atomic E-state index is 13.7. The number of amides is 1. The summed E-state index contributed by atoms with van der Waals surface area (Å²) in [6.07, 6.45) is -0.365. The third kappa shape index (κ3) is 5.68. The van der Waals surface area contributed by atoms with E-state index in [1.807, 2.05) is 31.2 Å². The minimum absolute atomic E-state index is 0.121. The Labute approximate surface area is 218 Å². The molecule has 1 N–H and O–H groups in total. The summed E-state index contributed by atoms with van der Waals surface area (Å²) in [5, 5.41) is 3.54. The summed E-state index contributed by atoms with van der Waals surface area (Å²) < 4.78 is 34.8. The predicted molar refractivity (Wildman–Crippen MR) is 143 cm³/mol. The number of carbonyl (C=O) groups is 1. The largest absolute Gasteiger partial charge is 0.476 e. The second-order valence-electron chi connectivity index (χ2n) is 10.1. The van der Waals surface area contributed by atoms with Crippen molar-refractivity contribution >= 4 is 33.2 Å². The number of fused-ring (bicyclic) bond motifs is 1. The van der Waals surface area contributed by atoms with Crippen LogP contribution in [0.2, 0.25) is 5.02 Å². The van der Waals surface area contributed by atoms with Crippen LogP contribution in [0.4, 0.5) is 5.69 Å². The molecule has 0 unspecified atom stereocenters. The van der Waals surface area contributed by atoms with Crippen molar-refractivity contribution in [2.75, 3.05) is 17.4 Å². The normalized spacial score (nSPS) is 15.7. The van der Waals surface area contributed by atoms with Gasteiger partial charge < -0.3 is 10.1 Å². The maximum atomic E-state index is 13.7. The lowest BCUT2D eigenvalue weighted by atomic mass is 9.86. The standard InChI is InChI=1S/C28H31ClN2O4S/c1-19-5-12-23(13-6-19)36(33,34)31-18-26(27(32)30-16-15-20-7-10-22(29)11-8-20)35-25-14-9-21(17-24(25)31)28(2,3)4/h5-14,17,26H,15-16,18H2,1-4H3,(H,30,32)/t26-/m1/s1. The summed E-state index contributed by atoms with van der Waals surface area (Å²) in [4.78, 5) is 13.2. The number of sulfonamides is 1. The van der Waals surface area contributed by atoms with E-state index < -0.39 is 16.1 Å². The molecule has 0 saturated carbocycles. The van der Waals surface area contributed by atoms with Crippen LogP contribution in [0.25, 0.3) is 0 Å². The van der Waals surface area contributed by atoms with E-state index in [1.165, 1.54) is 4.31 Å². The lowest BCUT2D eigenvalue weighted by Gasteiger charge is -2.36. The number of nitrogens with one attached hydrogen (secondary N) is 1. The van der Waals surface area contributed by atoms with Gasteiger partial charge in [0, 0.05) is 11.6 Å². The molecule has 0 saturated heterocycles. The van der Waals surface area contributed by atoms with Crippen LogP contribution in [0.15, 0.2) is 71.6 Å². The van der Waals surface area contributed by atoms with Gasteiger partial charge in [-0.05, 0) is 66.3 Å². The monoisotopic (exact) mass is 526 g/mol. The van der Waals surface area contributed by atoms with Gasteiger partial charge >= 0.3 is 0 Å². The van der Waals surface area contributed by atoms with Gasteiger partial charge in [-0.2, -0.15) is 0 Å². The highest BCUT2D eigenvalue weighted by Crippen LogP contribution is 2.40. The third-order valence-electron chi connectivity index (χ3n) is 6.22. The number of hydrogen-bond donors (Lipinski definition) is 1. The summed E-state index contributed by atoms with van der Waals surface area (Å²) >= 11 is 5.94. The molecule has 0 radical (unpaired) electrons. The van der Waals surface area contributed by atoms with E-state index in [2.05, 4.69) is 26.1 Å². The van der Waals surface area contributed by atoms with Crippen LogP contribution in [0, 0.1) is 6.92 Å². The summed E-state index contributed by atoms with van der Waals surface area (Å²) in [6, 6.07) is 19.6. The van der Waals surface area contributed by atoms with Crippen molar-refractivity contribution in [1.82, 2.24) is 5.32 Å². The van der Waals surface area contributed by atoms with Crippen LogP contribution in [0.5, 0.6) is 5.75 Å². The molecule has 3 aromatic rings. The molecule has 1 heterocycles. The zero-order valence-electron chi connectivity index (χ0n) is 20.9. The van der Waals surface area contributed by atoms with Crippen LogP contribution < -0.4 is 14.4 Å². The van der Waals surface area contributed by atoms with E-state index >= 15 is 0 Å². The van der Waals surface area contributed by atoms with Crippen molar-refractivity contribution in [3.63, 3.8) is 0 Å². The molecule has 3 aromatic carbocycles. The van der Waals surface area contributed by atoms with Crippen molar-refractivity contribution in [1.29, 1.82) is 0 Å². The van der Waals surface area contributed by atoms with Gasteiger partial charge in [-0.1, -0.05) is 68.3 Å². The molecule has 0 aliphatic carbocycles. The summed E-state index contributed by atoms with van der Waals surface area (Å²) in [6.45, 7) is 8.36.